The van der Waals surface area contributed by atoms with Crippen molar-refractivity contribution in [3.05, 3.63) is 29.3 Å². The largest absolute Gasteiger partial charge is 0.238 e. The van der Waals surface area contributed by atoms with E-state index in [0.717, 1.165) is 24.8 Å². The summed E-state index contributed by atoms with van der Waals surface area (Å²) in [4.78, 5) is 0.329. The summed E-state index contributed by atoms with van der Waals surface area (Å²) >= 11 is 0. The van der Waals surface area contributed by atoms with Crippen molar-refractivity contribution in [2.75, 3.05) is 0 Å². The van der Waals surface area contributed by atoms with Crippen LogP contribution >= 0.6 is 0 Å². The SMILES string of the molecule is CCCCCCCCCCCCc1ccc(S(N)(=O)=O)c(CCCCCCCCCCCC)c1. The molecule has 0 spiro atoms. The molecule has 198 valence electrons. The molecule has 3 nitrogen and oxygen atoms in total. The molecule has 0 saturated heterocycles. The average Bonchev–Trinajstić information content (AvgIpc) is 2.81. The van der Waals surface area contributed by atoms with Gasteiger partial charge in [-0.25, -0.2) is 13.6 Å². The van der Waals surface area contributed by atoms with Crippen LogP contribution in [0.1, 0.15) is 153 Å². The van der Waals surface area contributed by atoms with Crippen molar-refractivity contribution >= 4 is 10.0 Å². The smallest absolute Gasteiger partial charge is 0.225 e. The molecule has 0 bridgehead atoms. The molecule has 0 aromatic heterocycles. The van der Waals surface area contributed by atoms with E-state index in [-0.39, 0.29) is 0 Å². The first-order valence-electron chi connectivity index (χ1n) is 14.6. The van der Waals surface area contributed by atoms with Gasteiger partial charge in [0.05, 0.1) is 4.90 Å². The van der Waals surface area contributed by atoms with Gasteiger partial charge in [0.15, 0.2) is 0 Å². The lowest BCUT2D eigenvalue weighted by molar-refractivity contribution is 0.554. The normalized spacial score (nSPS) is 11.9. The second-order valence-electron chi connectivity index (χ2n) is 10.4. The van der Waals surface area contributed by atoms with E-state index in [1.807, 2.05) is 6.07 Å². The van der Waals surface area contributed by atoms with Crippen LogP contribution in [0.2, 0.25) is 0 Å². The number of hydrogen-bond acceptors (Lipinski definition) is 2. The fraction of sp³-hybridized carbons (Fsp3) is 0.800. The second-order valence-corrected chi connectivity index (χ2v) is 11.9. The Kier molecular flexibility index (Phi) is 18.6. The van der Waals surface area contributed by atoms with Gasteiger partial charge in [-0.2, -0.15) is 0 Å². The summed E-state index contributed by atoms with van der Waals surface area (Å²) in [6, 6.07) is 5.82. The van der Waals surface area contributed by atoms with Crippen LogP contribution in [0, 0.1) is 0 Å². The molecule has 0 atom stereocenters. The molecule has 34 heavy (non-hydrogen) atoms. The Morgan fingerprint density at radius 2 is 0.941 bits per heavy atom. The summed E-state index contributed by atoms with van der Waals surface area (Å²) in [6.07, 6.45) is 28.1. The average molecular weight is 494 g/mol. The monoisotopic (exact) mass is 493 g/mol. The third kappa shape index (κ3) is 15.9. The lowest BCUT2D eigenvalue weighted by Crippen LogP contribution is -2.15. The minimum Gasteiger partial charge on any atom is -0.225 e. The van der Waals surface area contributed by atoms with Gasteiger partial charge in [0.1, 0.15) is 0 Å². The molecule has 0 radical (unpaired) electrons. The maximum absolute atomic E-state index is 12.1. The minimum absolute atomic E-state index is 0.329. The Bertz CT molecular complexity index is 715. The summed E-state index contributed by atoms with van der Waals surface area (Å²) < 4.78 is 24.1. The molecule has 0 fully saturated rings. The van der Waals surface area contributed by atoms with E-state index in [9.17, 15) is 8.42 Å². The van der Waals surface area contributed by atoms with Crippen molar-refractivity contribution in [2.24, 2.45) is 5.14 Å². The minimum atomic E-state index is -3.66. The summed E-state index contributed by atoms with van der Waals surface area (Å²) in [7, 11) is -3.66. The highest BCUT2D eigenvalue weighted by atomic mass is 32.2. The second kappa shape index (κ2) is 20.3. The Balaban J connectivity index is 2.31. The van der Waals surface area contributed by atoms with E-state index < -0.39 is 10.0 Å². The Hall–Kier alpha value is -0.870. The van der Waals surface area contributed by atoms with Crippen LogP contribution in [0.5, 0.6) is 0 Å². The number of unbranched alkanes of at least 4 members (excludes halogenated alkanes) is 18. The highest BCUT2D eigenvalue weighted by molar-refractivity contribution is 7.89. The van der Waals surface area contributed by atoms with Crippen LogP contribution in [0.3, 0.4) is 0 Å². The van der Waals surface area contributed by atoms with E-state index in [2.05, 4.69) is 19.9 Å². The zero-order valence-corrected chi connectivity index (χ0v) is 23.4. The van der Waals surface area contributed by atoms with Gasteiger partial charge in [0.25, 0.3) is 0 Å². The van der Waals surface area contributed by atoms with Crippen LogP contribution < -0.4 is 5.14 Å². The van der Waals surface area contributed by atoms with E-state index in [1.165, 1.54) is 128 Å². The molecule has 1 rings (SSSR count). The third-order valence-electron chi connectivity index (χ3n) is 7.05. The van der Waals surface area contributed by atoms with Gasteiger partial charge < -0.3 is 0 Å². The maximum Gasteiger partial charge on any atom is 0.238 e. The zero-order chi connectivity index (χ0) is 24.9. The molecule has 1 aromatic rings. The number of nitrogens with two attached hydrogens (primary N) is 1. The number of sulfonamides is 1. The number of benzene rings is 1. The summed E-state index contributed by atoms with van der Waals surface area (Å²) in [6.45, 7) is 4.53. The third-order valence-corrected chi connectivity index (χ3v) is 8.06. The van der Waals surface area contributed by atoms with Gasteiger partial charge in [0.2, 0.25) is 10.0 Å². The molecular formula is C30H55NO2S. The van der Waals surface area contributed by atoms with Crippen LogP contribution in [0.25, 0.3) is 0 Å². The lowest BCUT2D eigenvalue weighted by atomic mass is 9.99. The molecular weight excluding hydrogens is 438 g/mol. The predicted octanol–water partition coefficient (Wildman–Crippen LogP) is 9.26. The topological polar surface area (TPSA) is 60.2 Å². The Morgan fingerprint density at radius 1 is 0.559 bits per heavy atom. The van der Waals surface area contributed by atoms with Gasteiger partial charge in [-0.1, -0.05) is 142 Å². The van der Waals surface area contributed by atoms with Crippen molar-refractivity contribution in [1.29, 1.82) is 0 Å². The summed E-state index contributed by atoms with van der Waals surface area (Å²) in [5.74, 6) is 0. The molecule has 2 N–H and O–H groups in total. The van der Waals surface area contributed by atoms with Gasteiger partial charge in [0, 0.05) is 0 Å². The molecule has 0 unspecified atom stereocenters. The quantitative estimate of drug-likeness (QED) is 0.154. The van der Waals surface area contributed by atoms with E-state index >= 15 is 0 Å². The summed E-state index contributed by atoms with van der Waals surface area (Å²) in [5, 5.41) is 5.51. The number of primary sulfonamides is 1. The van der Waals surface area contributed by atoms with E-state index in [1.54, 1.807) is 6.07 Å². The first-order chi connectivity index (χ1) is 16.5. The van der Waals surface area contributed by atoms with Gasteiger partial charge >= 0.3 is 0 Å². The lowest BCUT2D eigenvalue weighted by Gasteiger charge is -2.11. The van der Waals surface area contributed by atoms with Crippen molar-refractivity contribution < 1.29 is 8.42 Å². The van der Waals surface area contributed by atoms with Crippen molar-refractivity contribution in [1.82, 2.24) is 0 Å². The van der Waals surface area contributed by atoms with Crippen LogP contribution in [0.4, 0.5) is 0 Å². The van der Waals surface area contributed by atoms with Crippen LogP contribution in [-0.4, -0.2) is 8.42 Å². The van der Waals surface area contributed by atoms with Crippen molar-refractivity contribution in [3.8, 4) is 0 Å². The first-order valence-corrected chi connectivity index (χ1v) is 16.2. The van der Waals surface area contributed by atoms with Gasteiger partial charge in [-0.05, 0) is 42.9 Å². The van der Waals surface area contributed by atoms with Crippen LogP contribution in [-0.2, 0) is 22.9 Å². The molecule has 4 heteroatoms. The number of aryl methyl sites for hydroxylation is 2. The zero-order valence-electron chi connectivity index (χ0n) is 22.6. The molecule has 1 aromatic carbocycles. The summed E-state index contributed by atoms with van der Waals surface area (Å²) in [5.41, 5.74) is 2.18. The molecule has 0 amide bonds. The molecule has 0 aliphatic rings. The fourth-order valence-corrected chi connectivity index (χ4v) is 5.66. The highest BCUT2D eigenvalue weighted by Crippen LogP contribution is 2.21. The van der Waals surface area contributed by atoms with Crippen LogP contribution in [0.15, 0.2) is 23.1 Å². The van der Waals surface area contributed by atoms with Crippen molar-refractivity contribution in [2.45, 2.75) is 160 Å². The molecule has 0 aliphatic heterocycles. The number of hydrogen-bond donors (Lipinski definition) is 1. The molecule has 0 aliphatic carbocycles. The number of rotatable bonds is 23. The Morgan fingerprint density at radius 3 is 1.35 bits per heavy atom. The Labute approximate surface area is 212 Å². The molecule has 0 saturated carbocycles. The highest BCUT2D eigenvalue weighted by Gasteiger charge is 2.14. The van der Waals surface area contributed by atoms with E-state index in [0.29, 0.717) is 4.90 Å². The van der Waals surface area contributed by atoms with Crippen molar-refractivity contribution in [3.63, 3.8) is 0 Å². The van der Waals surface area contributed by atoms with Gasteiger partial charge in [-0.15, -0.1) is 0 Å². The van der Waals surface area contributed by atoms with E-state index in [4.69, 9.17) is 5.14 Å². The molecule has 0 heterocycles. The maximum atomic E-state index is 12.1. The first kappa shape index (κ1) is 31.2. The standard InChI is InChI=1S/C30H55NO2S/c1-3-5-7-9-11-13-15-17-19-21-23-28-25-26-30(34(31,32)33)29(27-28)24-22-20-18-16-14-12-10-8-6-4-2/h25-27H,3-24H2,1-2H3,(H2,31,32,33). The fourth-order valence-electron chi connectivity index (χ4n) is 4.88. The predicted molar refractivity (Wildman–Crippen MR) is 149 cm³/mol. The van der Waals surface area contributed by atoms with Gasteiger partial charge in [-0.3, -0.25) is 0 Å².